The van der Waals surface area contributed by atoms with Gasteiger partial charge in [-0.3, -0.25) is 4.79 Å². The minimum atomic E-state index is -0.511. The van der Waals surface area contributed by atoms with Gasteiger partial charge in [0.15, 0.2) is 0 Å². The molecule has 1 amide bonds. The first-order chi connectivity index (χ1) is 7.91. The summed E-state index contributed by atoms with van der Waals surface area (Å²) in [5, 5.41) is 9.43. The molecule has 1 saturated heterocycles. The molecule has 1 N–H and O–H groups in total. The van der Waals surface area contributed by atoms with Gasteiger partial charge in [0, 0.05) is 25.7 Å². The Morgan fingerprint density at radius 1 is 1.53 bits per heavy atom. The van der Waals surface area contributed by atoms with E-state index in [9.17, 15) is 9.90 Å². The molecule has 0 saturated carbocycles. The van der Waals surface area contributed by atoms with E-state index in [-0.39, 0.29) is 11.9 Å². The third-order valence-electron chi connectivity index (χ3n) is 2.91. The number of ether oxygens (including phenoxy) is 1. The quantitative estimate of drug-likeness (QED) is 0.752. The molecule has 1 heterocycles. The smallest absolute Gasteiger partial charge is 0.253 e. The van der Waals surface area contributed by atoms with Gasteiger partial charge >= 0.3 is 0 Å². The number of amides is 1. The molecular formula is C12H24N2O3. The Balaban J connectivity index is 2.63. The molecule has 0 spiro atoms. The molecule has 1 aliphatic heterocycles. The molecule has 2 unspecified atom stereocenters. The minimum absolute atomic E-state index is 0.0209. The van der Waals surface area contributed by atoms with E-state index in [2.05, 4.69) is 4.90 Å². The first-order valence-corrected chi connectivity index (χ1v) is 6.20. The van der Waals surface area contributed by atoms with Crippen LogP contribution >= 0.6 is 0 Å². The van der Waals surface area contributed by atoms with E-state index in [0.717, 1.165) is 6.54 Å². The molecule has 0 aliphatic carbocycles. The molecule has 0 aromatic carbocycles. The summed E-state index contributed by atoms with van der Waals surface area (Å²) in [6.07, 6.45) is -0.905. The van der Waals surface area contributed by atoms with Crippen molar-refractivity contribution in [1.82, 2.24) is 9.80 Å². The largest absolute Gasteiger partial charge is 0.392 e. The molecule has 5 heteroatoms. The fourth-order valence-electron chi connectivity index (χ4n) is 1.95. The Labute approximate surface area is 103 Å². The lowest BCUT2D eigenvalue weighted by molar-refractivity contribution is -0.152. The van der Waals surface area contributed by atoms with Gasteiger partial charge in [-0.05, 0) is 27.8 Å². The van der Waals surface area contributed by atoms with Crippen molar-refractivity contribution in [3.8, 4) is 0 Å². The molecule has 0 aromatic heterocycles. The Hall–Kier alpha value is -0.650. The number of hydrogen-bond donors (Lipinski definition) is 1. The van der Waals surface area contributed by atoms with E-state index in [0.29, 0.717) is 19.7 Å². The lowest BCUT2D eigenvalue weighted by atomic mass is 10.2. The van der Waals surface area contributed by atoms with Crippen molar-refractivity contribution in [1.29, 1.82) is 0 Å². The molecule has 5 nitrogen and oxygen atoms in total. The summed E-state index contributed by atoms with van der Waals surface area (Å²) in [6, 6.07) is 0.0768. The van der Waals surface area contributed by atoms with Crippen LogP contribution < -0.4 is 0 Å². The number of carbonyl (C=O) groups is 1. The van der Waals surface area contributed by atoms with Gasteiger partial charge in [-0.25, -0.2) is 0 Å². The van der Waals surface area contributed by atoms with Crippen LogP contribution in [0.4, 0.5) is 0 Å². The summed E-state index contributed by atoms with van der Waals surface area (Å²) in [5.74, 6) is -0.0209. The topological polar surface area (TPSA) is 53.0 Å². The molecule has 2 atom stereocenters. The Kier molecular flexibility index (Phi) is 5.36. The van der Waals surface area contributed by atoms with Crippen LogP contribution in [0.2, 0.25) is 0 Å². The van der Waals surface area contributed by atoms with Crippen LogP contribution in [0.15, 0.2) is 0 Å². The molecule has 1 rings (SSSR count). The van der Waals surface area contributed by atoms with Crippen molar-refractivity contribution in [2.24, 2.45) is 0 Å². The zero-order valence-electron chi connectivity index (χ0n) is 11.2. The number of likely N-dealkylation sites (N-methyl/N-ethyl adjacent to an activating group) is 1. The number of aliphatic hydroxyl groups excluding tert-OH is 1. The van der Waals surface area contributed by atoms with Crippen molar-refractivity contribution in [3.63, 3.8) is 0 Å². The normalized spacial score (nSPS) is 23.8. The number of nitrogens with zero attached hydrogens (tertiary/aromatic N) is 2. The van der Waals surface area contributed by atoms with Crippen LogP contribution in [-0.4, -0.2) is 72.4 Å². The molecule has 17 heavy (non-hydrogen) atoms. The monoisotopic (exact) mass is 244 g/mol. The standard InChI is InChI=1S/C12H24N2O3/c1-9(2)14(7-10(3)15)12(16)11-8-13(4)5-6-17-11/h9-11,15H,5-8H2,1-4H3. The average molecular weight is 244 g/mol. The summed E-state index contributed by atoms with van der Waals surface area (Å²) in [5.41, 5.74) is 0. The Bertz CT molecular complexity index is 256. The van der Waals surface area contributed by atoms with Crippen LogP contribution in [0.1, 0.15) is 20.8 Å². The summed E-state index contributed by atoms with van der Waals surface area (Å²) >= 11 is 0. The fraction of sp³-hybridized carbons (Fsp3) is 0.917. The van der Waals surface area contributed by atoms with E-state index in [4.69, 9.17) is 4.74 Å². The summed E-state index contributed by atoms with van der Waals surface area (Å²) < 4.78 is 5.51. The van der Waals surface area contributed by atoms with E-state index in [1.54, 1.807) is 11.8 Å². The van der Waals surface area contributed by atoms with Crippen LogP contribution in [0.25, 0.3) is 0 Å². The number of morpholine rings is 1. The predicted octanol–water partition coefficient (Wildman–Crippen LogP) is -0.0652. The van der Waals surface area contributed by atoms with Gasteiger partial charge in [-0.15, -0.1) is 0 Å². The predicted molar refractivity (Wildman–Crippen MR) is 65.8 cm³/mol. The van der Waals surface area contributed by atoms with Crippen molar-refractivity contribution >= 4 is 5.91 Å². The third kappa shape index (κ3) is 4.26. The van der Waals surface area contributed by atoms with Gasteiger partial charge in [-0.1, -0.05) is 0 Å². The van der Waals surface area contributed by atoms with Gasteiger partial charge in [0.2, 0.25) is 0 Å². The zero-order valence-corrected chi connectivity index (χ0v) is 11.2. The molecule has 100 valence electrons. The maximum atomic E-state index is 12.3. The zero-order chi connectivity index (χ0) is 13.0. The van der Waals surface area contributed by atoms with E-state index < -0.39 is 12.2 Å². The van der Waals surface area contributed by atoms with Crippen molar-refractivity contribution in [2.75, 3.05) is 33.3 Å². The highest BCUT2D eigenvalue weighted by molar-refractivity contribution is 5.81. The summed E-state index contributed by atoms with van der Waals surface area (Å²) in [7, 11) is 1.98. The second-order valence-corrected chi connectivity index (χ2v) is 5.06. The van der Waals surface area contributed by atoms with Crippen molar-refractivity contribution < 1.29 is 14.6 Å². The van der Waals surface area contributed by atoms with E-state index in [1.165, 1.54) is 0 Å². The number of rotatable bonds is 4. The molecule has 0 radical (unpaired) electrons. The highest BCUT2D eigenvalue weighted by Gasteiger charge is 2.30. The maximum absolute atomic E-state index is 12.3. The van der Waals surface area contributed by atoms with Gasteiger partial charge < -0.3 is 19.6 Å². The van der Waals surface area contributed by atoms with Gasteiger partial charge in [0.05, 0.1) is 12.7 Å². The van der Waals surface area contributed by atoms with Gasteiger partial charge in [0.1, 0.15) is 6.10 Å². The molecular weight excluding hydrogens is 220 g/mol. The first-order valence-electron chi connectivity index (χ1n) is 6.20. The molecule has 0 bridgehead atoms. The SMILES string of the molecule is CC(O)CN(C(=O)C1CN(C)CCO1)C(C)C. The highest BCUT2D eigenvalue weighted by atomic mass is 16.5. The van der Waals surface area contributed by atoms with Crippen molar-refractivity contribution in [2.45, 2.75) is 39.0 Å². The lowest BCUT2D eigenvalue weighted by Crippen LogP contribution is -2.53. The highest BCUT2D eigenvalue weighted by Crippen LogP contribution is 2.10. The Morgan fingerprint density at radius 3 is 2.65 bits per heavy atom. The lowest BCUT2D eigenvalue weighted by Gasteiger charge is -2.35. The van der Waals surface area contributed by atoms with Crippen LogP contribution in [0.5, 0.6) is 0 Å². The maximum Gasteiger partial charge on any atom is 0.253 e. The molecule has 0 aromatic rings. The van der Waals surface area contributed by atoms with Crippen LogP contribution in [-0.2, 0) is 9.53 Å². The second kappa shape index (κ2) is 6.33. The van der Waals surface area contributed by atoms with Crippen LogP contribution in [0, 0.1) is 0 Å². The minimum Gasteiger partial charge on any atom is -0.392 e. The van der Waals surface area contributed by atoms with Gasteiger partial charge in [-0.2, -0.15) is 0 Å². The Morgan fingerprint density at radius 2 is 2.18 bits per heavy atom. The van der Waals surface area contributed by atoms with Crippen molar-refractivity contribution in [3.05, 3.63) is 0 Å². The number of carbonyl (C=O) groups excluding carboxylic acids is 1. The van der Waals surface area contributed by atoms with E-state index >= 15 is 0 Å². The second-order valence-electron chi connectivity index (χ2n) is 5.06. The molecule has 1 aliphatic rings. The fourth-order valence-corrected chi connectivity index (χ4v) is 1.95. The van der Waals surface area contributed by atoms with Crippen LogP contribution in [0.3, 0.4) is 0 Å². The number of hydrogen-bond acceptors (Lipinski definition) is 4. The summed E-state index contributed by atoms with van der Waals surface area (Å²) in [4.78, 5) is 16.1. The first kappa shape index (κ1) is 14.4. The van der Waals surface area contributed by atoms with E-state index in [1.807, 2.05) is 20.9 Å². The average Bonchev–Trinajstić information content (AvgIpc) is 2.24. The van der Waals surface area contributed by atoms with Gasteiger partial charge in [0.25, 0.3) is 5.91 Å². The number of aliphatic hydroxyl groups is 1. The third-order valence-corrected chi connectivity index (χ3v) is 2.91. The summed E-state index contributed by atoms with van der Waals surface area (Å²) in [6.45, 7) is 8.04. The molecule has 1 fully saturated rings.